The summed E-state index contributed by atoms with van der Waals surface area (Å²) in [6.45, 7) is 1.88. The Morgan fingerprint density at radius 3 is 2.75 bits per heavy atom. The molecule has 0 saturated heterocycles. The van der Waals surface area contributed by atoms with E-state index in [1.54, 1.807) is 18.3 Å². The number of imidazole rings is 1. The quantitative estimate of drug-likeness (QED) is 0.730. The number of carbonyl (C=O) groups excluding carboxylic acids is 1. The van der Waals surface area contributed by atoms with Gasteiger partial charge in [-0.05, 0) is 25.1 Å². The lowest BCUT2D eigenvalue weighted by Crippen LogP contribution is -2.14. The van der Waals surface area contributed by atoms with Gasteiger partial charge in [-0.3, -0.25) is 4.79 Å². The van der Waals surface area contributed by atoms with Gasteiger partial charge in [-0.1, -0.05) is 0 Å². The Balaban J connectivity index is 2.56. The third-order valence-corrected chi connectivity index (χ3v) is 2.41. The molecular weight excluding hydrogens is 204 g/mol. The molecule has 0 bridgehead atoms. The molecule has 5 nitrogen and oxygen atoms in total. The molecule has 0 radical (unpaired) electrons. The highest BCUT2D eigenvalue weighted by Crippen LogP contribution is 2.17. The summed E-state index contributed by atoms with van der Waals surface area (Å²) in [5.41, 5.74) is 12.4. The van der Waals surface area contributed by atoms with Gasteiger partial charge in [-0.25, -0.2) is 4.98 Å². The lowest BCUT2D eigenvalue weighted by molar-refractivity contribution is 0.100. The minimum atomic E-state index is -0.530. The number of nitrogens with zero attached hydrogens (tertiary/aromatic N) is 2. The van der Waals surface area contributed by atoms with Crippen molar-refractivity contribution in [2.75, 3.05) is 5.73 Å². The van der Waals surface area contributed by atoms with E-state index in [1.807, 2.05) is 23.8 Å². The predicted octanol–water partition coefficient (Wildman–Crippen LogP) is 0.862. The molecule has 4 N–H and O–H groups in total. The van der Waals surface area contributed by atoms with Crippen molar-refractivity contribution in [1.82, 2.24) is 9.55 Å². The topological polar surface area (TPSA) is 86.9 Å². The van der Waals surface area contributed by atoms with Crippen LogP contribution >= 0.6 is 0 Å². The first kappa shape index (κ1) is 10.2. The number of anilines is 1. The van der Waals surface area contributed by atoms with Crippen molar-refractivity contribution in [2.24, 2.45) is 5.73 Å². The van der Waals surface area contributed by atoms with Crippen molar-refractivity contribution < 1.29 is 4.79 Å². The Kier molecular flexibility index (Phi) is 2.36. The summed E-state index contributed by atoms with van der Waals surface area (Å²) in [5, 5.41) is 0. The first-order valence-corrected chi connectivity index (χ1v) is 4.79. The third kappa shape index (κ3) is 1.63. The molecule has 0 fully saturated rings. The second-order valence-electron chi connectivity index (χ2n) is 3.48. The van der Waals surface area contributed by atoms with Gasteiger partial charge in [-0.2, -0.15) is 0 Å². The van der Waals surface area contributed by atoms with Crippen LogP contribution in [-0.2, 0) is 0 Å². The Morgan fingerprint density at radius 2 is 2.19 bits per heavy atom. The molecule has 0 aliphatic carbocycles. The van der Waals surface area contributed by atoms with Crippen LogP contribution in [0.2, 0.25) is 0 Å². The van der Waals surface area contributed by atoms with Crippen molar-refractivity contribution in [1.29, 1.82) is 0 Å². The van der Waals surface area contributed by atoms with Crippen LogP contribution in [0.4, 0.5) is 5.69 Å². The lowest BCUT2D eigenvalue weighted by Gasteiger charge is -2.08. The van der Waals surface area contributed by atoms with Gasteiger partial charge < -0.3 is 16.0 Å². The second kappa shape index (κ2) is 3.69. The van der Waals surface area contributed by atoms with Gasteiger partial charge in [0.2, 0.25) is 0 Å². The molecule has 1 aromatic carbocycles. The SMILES string of the molecule is Cc1nccn1-c1ccc(N)c(C(N)=O)c1. The predicted molar refractivity (Wildman–Crippen MR) is 61.2 cm³/mol. The number of hydrogen-bond donors (Lipinski definition) is 2. The van der Waals surface area contributed by atoms with Crippen molar-refractivity contribution in [2.45, 2.75) is 6.92 Å². The molecule has 0 aliphatic rings. The molecule has 0 saturated carbocycles. The Morgan fingerprint density at radius 1 is 1.44 bits per heavy atom. The Labute approximate surface area is 92.7 Å². The summed E-state index contributed by atoms with van der Waals surface area (Å²) in [6, 6.07) is 5.14. The monoisotopic (exact) mass is 216 g/mol. The van der Waals surface area contributed by atoms with Gasteiger partial charge in [0.25, 0.3) is 5.91 Å². The molecule has 1 amide bonds. The van der Waals surface area contributed by atoms with Crippen LogP contribution in [0.5, 0.6) is 0 Å². The second-order valence-corrected chi connectivity index (χ2v) is 3.48. The van der Waals surface area contributed by atoms with Gasteiger partial charge in [0.05, 0.1) is 5.56 Å². The number of amides is 1. The summed E-state index contributed by atoms with van der Waals surface area (Å²) >= 11 is 0. The fourth-order valence-electron chi connectivity index (χ4n) is 1.56. The number of nitrogen functional groups attached to an aromatic ring is 1. The van der Waals surface area contributed by atoms with Crippen LogP contribution in [-0.4, -0.2) is 15.5 Å². The highest BCUT2D eigenvalue weighted by Gasteiger charge is 2.08. The zero-order valence-corrected chi connectivity index (χ0v) is 8.84. The van der Waals surface area contributed by atoms with Crippen LogP contribution < -0.4 is 11.5 Å². The molecule has 2 rings (SSSR count). The first-order valence-electron chi connectivity index (χ1n) is 4.79. The smallest absolute Gasteiger partial charge is 0.250 e. The van der Waals surface area contributed by atoms with Crippen LogP contribution in [0.1, 0.15) is 16.2 Å². The number of benzene rings is 1. The third-order valence-electron chi connectivity index (χ3n) is 2.41. The minimum absolute atomic E-state index is 0.325. The summed E-state index contributed by atoms with van der Waals surface area (Å²) in [4.78, 5) is 15.3. The largest absolute Gasteiger partial charge is 0.398 e. The average molecular weight is 216 g/mol. The lowest BCUT2D eigenvalue weighted by atomic mass is 10.1. The number of carbonyl (C=O) groups is 1. The molecule has 1 heterocycles. The standard InChI is InChI=1S/C11H12N4O/c1-7-14-4-5-15(7)8-2-3-10(12)9(6-8)11(13)16/h2-6H,12H2,1H3,(H2,13,16). The maximum atomic E-state index is 11.1. The molecular formula is C11H12N4O. The molecule has 82 valence electrons. The summed E-state index contributed by atoms with van der Waals surface area (Å²) in [5.74, 6) is 0.303. The van der Waals surface area contributed by atoms with Gasteiger partial charge in [0.15, 0.2) is 0 Å². The maximum absolute atomic E-state index is 11.1. The van der Waals surface area contributed by atoms with Crippen molar-refractivity contribution in [3.8, 4) is 5.69 Å². The van der Waals surface area contributed by atoms with Crippen molar-refractivity contribution >= 4 is 11.6 Å². The van der Waals surface area contributed by atoms with Gasteiger partial charge in [0, 0.05) is 23.8 Å². The number of primary amides is 1. The van der Waals surface area contributed by atoms with E-state index >= 15 is 0 Å². The highest BCUT2D eigenvalue weighted by atomic mass is 16.1. The Hall–Kier alpha value is -2.30. The van der Waals surface area contributed by atoms with E-state index in [4.69, 9.17) is 11.5 Å². The number of aryl methyl sites for hydroxylation is 1. The molecule has 0 aliphatic heterocycles. The minimum Gasteiger partial charge on any atom is -0.398 e. The van der Waals surface area contributed by atoms with E-state index in [0.29, 0.717) is 11.3 Å². The maximum Gasteiger partial charge on any atom is 0.250 e. The molecule has 5 heteroatoms. The van der Waals surface area contributed by atoms with Crippen LogP contribution in [0.15, 0.2) is 30.6 Å². The fourth-order valence-corrected chi connectivity index (χ4v) is 1.56. The van der Waals surface area contributed by atoms with E-state index in [-0.39, 0.29) is 0 Å². The highest BCUT2D eigenvalue weighted by molar-refractivity contribution is 5.98. The summed E-state index contributed by atoms with van der Waals surface area (Å²) in [7, 11) is 0. The first-order chi connectivity index (χ1) is 7.59. The zero-order valence-electron chi connectivity index (χ0n) is 8.84. The van der Waals surface area contributed by atoms with Crippen molar-refractivity contribution in [3.63, 3.8) is 0 Å². The normalized spacial score (nSPS) is 10.3. The Bertz CT molecular complexity index is 545. The molecule has 0 unspecified atom stereocenters. The van der Waals surface area contributed by atoms with E-state index < -0.39 is 5.91 Å². The summed E-state index contributed by atoms with van der Waals surface area (Å²) < 4.78 is 1.85. The molecule has 16 heavy (non-hydrogen) atoms. The van der Waals surface area contributed by atoms with E-state index in [0.717, 1.165) is 11.5 Å². The van der Waals surface area contributed by atoms with Gasteiger partial charge >= 0.3 is 0 Å². The zero-order chi connectivity index (χ0) is 11.7. The molecule has 0 spiro atoms. The average Bonchev–Trinajstić information content (AvgIpc) is 2.65. The molecule has 1 aromatic heterocycles. The number of hydrogen-bond acceptors (Lipinski definition) is 3. The molecule has 2 aromatic rings. The van der Waals surface area contributed by atoms with E-state index in [2.05, 4.69) is 4.98 Å². The molecule has 0 atom stereocenters. The number of rotatable bonds is 2. The van der Waals surface area contributed by atoms with Crippen molar-refractivity contribution in [3.05, 3.63) is 42.0 Å². The van der Waals surface area contributed by atoms with Crippen LogP contribution in [0, 0.1) is 6.92 Å². The van der Waals surface area contributed by atoms with Gasteiger partial charge in [0.1, 0.15) is 5.82 Å². The van der Waals surface area contributed by atoms with E-state index in [9.17, 15) is 4.79 Å². The van der Waals surface area contributed by atoms with E-state index in [1.165, 1.54) is 0 Å². The van der Waals surface area contributed by atoms with Gasteiger partial charge in [-0.15, -0.1) is 0 Å². The van der Waals surface area contributed by atoms with Crippen LogP contribution in [0.25, 0.3) is 5.69 Å². The van der Waals surface area contributed by atoms with Crippen LogP contribution in [0.3, 0.4) is 0 Å². The fraction of sp³-hybridized carbons (Fsp3) is 0.0909. The number of nitrogens with two attached hydrogens (primary N) is 2. The summed E-state index contributed by atoms with van der Waals surface area (Å²) in [6.07, 6.45) is 3.50. The number of aromatic nitrogens is 2.